The number of aromatic nitrogens is 1. The molecular formula is C34H37F2N3O7S. The fraction of sp³-hybridized carbons (Fsp3) is 0.294. The summed E-state index contributed by atoms with van der Waals surface area (Å²) in [6.45, 7) is 3.98. The topological polar surface area (TPSA) is 156 Å². The van der Waals surface area contributed by atoms with E-state index in [9.17, 15) is 28.6 Å². The molecule has 47 heavy (non-hydrogen) atoms. The predicted octanol–water partition coefficient (Wildman–Crippen LogP) is 5.96. The molecule has 2 atom stereocenters. The van der Waals surface area contributed by atoms with Gasteiger partial charge in [0.2, 0.25) is 0 Å². The summed E-state index contributed by atoms with van der Waals surface area (Å²) >= 11 is 0.925. The van der Waals surface area contributed by atoms with Crippen LogP contribution in [0.1, 0.15) is 60.9 Å². The maximum absolute atomic E-state index is 14.2. The Kier molecular flexibility index (Phi) is 12.6. The van der Waals surface area contributed by atoms with E-state index in [1.807, 2.05) is 18.4 Å². The summed E-state index contributed by atoms with van der Waals surface area (Å²) in [5.74, 6) is 2.39. The lowest BCUT2D eigenvalue weighted by Crippen LogP contribution is -2.27. The number of carbonyl (C=O) groups excluding carboxylic acids is 1. The average Bonchev–Trinajstić information content (AvgIpc) is 3.38. The molecule has 0 saturated heterocycles. The van der Waals surface area contributed by atoms with Crippen LogP contribution in [0.25, 0.3) is 22.3 Å². The lowest BCUT2D eigenvalue weighted by molar-refractivity contribution is -0.195. The van der Waals surface area contributed by atoms with Gasteiger partial charge in [-0.25, -0.2) is 8.78 Å². The van der Waals surface area contributed by atoms with Crippen molar-refractivity contribution >= 4 is 23.9 Å². The molecule has 1 aromatic heterocycles. The zero-order chi connectivity index (χ0) is 34.1. The number of aliphatic carboxylic acids is 1. The van der Waals surface area contributed by atoms with E-state index < -0.39 is 42.1 Å². The summed E-state index contributed by atoms with van der Waals surface area (Å²) in [4.78, 5) is 30.1. The third kappa shape index (κ3) is 9.47. The number of nitrogens with one attached hydrogen (secondary N) is 1. The minimum atomic E-state index is -1.23. The van der Waals surface area contributed by atoms with Crippen LogP contribution in [0.2, 0.25) is 0 Å². The molecule has 0 bridgehead atoms. The van der Waals surface area contributed by atoms with Crippen LogP contribution in [-0.4, -0.2) is 44.0 Å². The van der Waals surface area contributed by atoms with Gasteiger partial charge < -0.3 is 25.2 Å². The second-order valence-corrected chi connectivity index (χ2v) is 12.1. The molecule has 0 fully saturated rings. The summed E-state index contributed by atoms with van der Waals surface area (Å²) in [7, 11) is 0. The molecular weight excluding hydrogens is 632 g/mol. The summed E-state index contributed by atoms with van der Waals surface area (Å²) in [5, 5.41) is 32.9. The molecule has 3 aromatic carbocycles. The maximum Gasteiger partial charge on any atom is 0.305 e. The lowest BCUT2D eigenvalue weighted by atomic mass is 9.92. The van der Waals surface area contributed by atoms with Gasteiger partial charge in [0.1, 0.15) is 17.3 Å². The van der Waals surface area contributed by atoms with E-state index in [1.54, 1.807) is 48.5 Å². The van der Waals surface area contributed by atoms with Gasteiger partial charge in [-0.1, -0.05) is 36.4 Å². The van der Waals surface area contributed by atoms with E-state index in [-0.39, 0.29) is 31.8 Å². The normalized spacial score (nSPS) is 12.7. The first-order valence-electron chi connectivity index (χ1n) is 14.9. The van der Waals surface area contributed by atoms with Crippen molar-refractivity contribution in [2.45, 2.75) is 69.2 Å². The Morgan fingerprint density at radius 3 is 2.00 bits per heavy atom. The number of halogens is 2. The number of carboxylic acids is 1. The predicted molar refractivity (Wildman–Crippen MR) is 173 cm³/mol. The quantitative estimate of drug-likeness (QED) is 0.0552. The van der Waals surface area contributed by atoms with Crippen LogP contribution in [0.15, 0.2) is 77.7 Å². The van der Waals surface area contributed by atoms with Gasteiger partial charge in [0.05, 0.1) is 30.7 Å². The maximum atomic E-state index is 14.2. The number of nitrogens with two attached hydrogens (primary N) is 1. The van der Waals surface area contributed by atoms with Crippen molar-refractivity contribution in [1.82, 2.24) is 9.88 Å². The molecule has 1 amide bonds. The number of carboxylic acid groups (broad SMARTS) is 1. The highest BCUT2D eigenvalue weighted by Gasteiger charge is 2.30. The fourth-order valence-corrected chi connectivity index (χ4v) is 5.87. The summed E-state index contributed by atoms with van der Waals surface area (Å²) in [6, 6.07) is 18.4. The van der Waals surface area contributed by atoms with E-state index in [2.05, 4.69) is 14.6 Å². The third-order valence-electron chi connectivity index (χ3n) is 7.52. The Balaban J connectivity index is 1.81. The zero-order valence-corrected chi connectivity index (χ0v) is 26.7. The van der Waals surface area contributed by atoms with Gasteiger partial charge in [0, 0.05) is 34.3 Å². The van der Waals surface area contributed by atoms with Gasteiger partial charge in [-0.05, 0) is 86.2 Å². The second kappa shape index (κ2) is 16.6. The smallest absolute Gasteiger partial charge is 0.305 e. The Labute approximate surface area is 275 Å². The summed E-state index contributed by atoms with van der Waals surface area (Å²) < 4.78 is 34.7. The number of hydrogen-bond acceptors (Lipinski definition) is 8. The minimum Gasteiger partial charge on any atom is -0.481 e. The van der Waals surface area contributed by atoms with Crippen LogP contribution in [0.3, 0.4) is 0 Å². The molecule has 10 nitrogen and oxygen atoms in total. The van der Waals surface area contributed by atoms with Crippen molar-refractivity contribution < 1.29 is 43.0 Å². The van der Waals surface area contributed by atoms with E-state index in [0.717, 1.165) is 22.5 Å². The Hall–Kier alpha value is -4.11. The minimum absolute atomic E-state index is 0.134. The monoisotopic (exact) mass is 669 g/mol. The van der Waals surface area contributed by atoms with E-state index in [0.29, 0.717) is 33.6 Å². The van der Waals surface area contributed by atoms with Crippen LogP contribution >= 0.6 is 12.0 Å². The molecule has 1 heterocycles. The molecule has 0 spiro atoms. The highest BCUT2D eigenvalue weighted by atomic mass is 32.2. The molecule has 6 N–H and O–H groups in total. The molecule has 0 aliphatic heterocycles. The Morgan fingerprint density at radius 1 is 0.894 bits per heavy atom. The van der Waals surface area contributed by atoms with Crippen LogP contribution in [0, 0.1) is 11.6 Å². The molecule has 0 radical (unpaired) electrons. The van der Waals surface area contributed by atoms with E-state index in [1.165, 1.54) is 24.3 Å². The number of hydrogen-bond donors (Lipinski definition) is 5. The van der Waals surface area contributed by atoms with Crippen molar-refractivity contribution in [1.29, 1.82) is 0 Å². The summed E-state index contributed by atoms with van der Waals surface area (Å²) in [5.41, 5.74) is 4.02. The van der Waals surface area contributed by atoms with Gasteiger partial charge in [-0.3, -0.25) is 9.59 Å². The van der Waals surface area contributed by atoms with Gasteiger partial charge in [-0.2, -0.15) is 5.90 Å². The first-order chi connectivity index (χ1) is 22.5. The molecule has 0 aliphatic carbocycles. The standard InChI is InChI=1S/C34H37F2N3O7S/c1-20(2)39-29(16-13-26(40)17-27(41)18-30(42)43)31(22-5-9-24(35)10-6-22)32(23-7-11-25(36)12-8-23)33(39)34(44)38-19-21-3-14-28(15-4-21)47-46-45-37/h3-12,14-15,20,26-27,40-41H,13,16-19,37H2,1-2H3,(H,38,44)(H,42,43)/t26-,27-/m1/s1. The number of carbonyl (C=O) groups is 2. The number of rotatable bonds is 16. The number of benzene rings is 3. The molecule has 250 valence electrons. The SMILES string of the molecule is CC(C)n1c(CC[C@@H](O)C[C@@H](O)CC(=O)O)c(-c2ccc(F)cc2)c(-c2ccc(F)cc2)c1C(=O)NCc1ccc(SOON)cc1. The number of aliphatic hydroxyl groups excluding tert-OH is 2. The van der Waals surface area contributed by atoms with E-state index in [4.69, 9.17) is 11.0 Å². The summed E-state index contributed by atoms with van der Waals surface area (Å²) in [6.07, 6.45) is -2.58. The number of nitrogens with zero attached hydrogens (tertiary/aromatic N) is 1. The largest absolute Gasteiger partial charge is 0.481 e. The van der Waals surface area contributed by atoms with E-state index >= 15 is 0 Å². The lowest BCUT2D eigenvalue weighted by Gasteiger charge is -2.20. The van der Waals surface area contributed by atoms with Crippen molar-refractivity contribution in [3.05, 3.63) is 101 Å². The fourth-order valence-electron chi connectivity index (χ4n) is 5.51. The first-order valence-corrected chi connectivity index (χ1v) is 15.7. The average molecular weight is 670 g/mol. The van der Waals surface area contributed by atoms with Crippen molar-refractivity contribution in [2.24, 2.45) is 5.90 Å². The highest BCUT2D eigenvalue weighted by molar-refractivity contribution is 7.94. The molecule has 4 aromatic rings. The number of amides is 1. The van der Waals surface area contributed by atoms with Crippen LogP contribution in [0.5, 0.6) is 0 Å². The third-order valence-corrected chi connectivity index (χ3v) is 8.13. The van der Waals surface area contributed by atoms with Crippen molar-refractivity contribution in [3.63, 3.8) is 0 Å². The molecule has 0 unspecified atom stereocenters. The molecule has 0 saturated carbocycles. The van der Waals surface area contributed by atoms with Crippen molar-refractivity contribution in [2.75, 3.05) is 0 Å². The van der Waals surface area contributed by atoms with Crippen molar-refractivity contribution in [3.8, 4) is 22.3 Å². The Morgan fingerprint density at radius 2 is 1.47 bits per heavy atom. The highest BCUT2D eigenvalue weighted by Crippen LogP contribution is 2.42. The van der Waals surface area contributed by atoms with Crippen LogP contribution in [-0.2, 0) is 27.1 Å². The number of aliphatic hydroxyl groups is 2. The van der Waals surface area contributed by atoms with Gasteiger partial charge in [-0.15, -0.1) is 9.32 Å². The molecule has 0 aliphatic rings. The Bertz CT molecular complexity index is 1650. The first kappa shape index (κ1) is 35.7. The van der Waals surface area contributed by atoms with Gasteiger partial charge in [0.25, 0.3) is 5.91 Å². The van der Waals surface area contributed by atoms with Gasteiger partial charge >= 0.3 is 5.97 Å². The van der Waals surface area contributed by atoms with Crippen LogP contribution < -0.4 is 11.2 Å². The molecule has 13 heteroatoms. The van der Waals surface area contributed by atoms with Gasteiger partial charge in [0.15, 0.2) is 0 Å². The van der Waals surface area contributed by atoms with Crippen LogP contribution in [0.4, 0.5) is 8.78 Å². The molecule has 4 rings (SSSR count). The second-order valence-electron chi connectivity index (χ2n) is 11.3. The zero-order valence-electron chi connectivity index (χ0n) is 25.9.